The first kappa shape index (κ1) is 22.6. The summed E-state index contributed by atoms with van der Waals surface area (Å²) in [6, 6.07) is 18.7. The third-order valence-electron chi connectivity index (χ3n) is 5.62. The molecule has 4 rings (SSSR count). The highest BCUT2D eigenvalue weighted by Gasteiger charge is 2.17. The zero-order valence-corrected chi connectivity index (χ0v) is 18.2. The van der Waals surface area contributed by atoms with Crippen molar-refractivity contribution in [3.63, 3.8) is 0 Å². The lowest BCUT2D eigenvalue weighted by atomic mass is 9.99. The van der Waals surface area contributed by atoms with Gasteiger partial charge in [-0.2, -0.15) is 0 Å². The first-order valence-electron chi connectivity index (χ1n) is 10.9. The second-order valence-corrected chi connectivity index (χ2v) is 8.02. The van der Waals surface area contributed by atoms with Crippen LogP contribution in [0.5, 0.6) is 0 Å². The van der Waals surface area contributed by atoms with Crippen LogP contribution in [0.3, 0.4) is 0 Å². The predicted molar refractivity (Wildman–Crippen MR) is 125 cm³/mol. The number of fused-ring (bicyclic) bond motifs is 1. The van der Waals surface area contributed by atoms with Crippen LogP contribution in [0.15, 0.2) is 66.7 Å². The van der Waals surface area contributed by atoms with Crippen molar-refractivity contribution in [3.05, 3.63) is 107 Å². The molecule has 0 spiro atoms. The molecule has 0 aliphatic carbocycles. The largest absolute Gasteiger partial charge is 0.206 e. The fourth-order valence-electron chi connectivity index (χ4n) is 3.78. The normalized spacial score (nSPS) is 10.8. The lowest BCUT2D eigenvalue weighted by molar-refractivity contribution is 0.451. The van der Waals surface area contributed by atoms with Crippen LogP contribution in [0.2, 0.25) is 0 Å². The second kappa shape index (κ2) is 9.92. The molecule has 0 bridgehead atoms. The number of rotatable bonds is 5. The quantitative estimate of drug-likeness (QED) is 0.125. The summed E-state index contributed by atoms with van der Waals surface area (Å²) in [6.45, 7) is 2.19. The van der Waals surface area contributed by atoms with Crippen LogP contribution in [0.1, 0.15) is 42.9 Å². The van der Waals surface area contributed by atoms with E-state index in [0.29, 0.717) is 11.1 Å². The van der Waals surface area contributed by atoms with Crippen LogP contribution in [0, 0.1) is 35.1 Å². The van der Waals surface area contributed by atoms with Crippen molar-refractivity contribution in [2.75, 3.05) is 0 Å². The minimum absolute atomic E-state index is 0.0385. The average molecular weight is 446 g/mol. The second-order valence-electron chi connectivity index (χ2n) is 8.02. The lowest BCUT2D eigenvalue weighted by Gasteiger charge is -2.08. The van der Waals surface area contributed by atoms with E-state index in [-0.39, 0.29) is 5.39 Å². The molecule has 0 unspecified atom stereocenters. The molecule has 4 aromatic carbocycles. The van der Waals surface area contributed by atoms with Gasteiger partial charge in [-0.1, -0.05) is 55.9 Å². The number of aryl methyl sites for hydroxylation is 1. The van der Waals surface area contributed by atoms with Gasteiger partial charge in [-0.3, -0.25) is 0 Å². The highest BCUT2D eigenvalue weighted by Crippen LogP contribution is 2.31. The molecule has 4 aromatic rings. The number of hydrogen-bond donors (Lipinski definition) is 0. The molecule has 0 N–H and O–H groups in total. The van der Waals surface area contributed by atoms with Gasteiger partial charge in [0.15, 0.2) is 17.5 Å². The SMILES string of the molecule is CCCCCc1ccc(C#Cc2ccc(-c3cc(F)c4c(F)c(F)c(F)cc4c3)cc2)cc1. The Bertz CT molecular complexity index is 1340. The summed E-state index contributed by atoms with van der Waals surface area (Å²) in [5.74, 6) is 0.754. The van der Waals surface area contributed by atoms with E-state index >= 15 is 0 Å². The van der Waals surface area contributed by atoms with Crippen LogP contribution in [0.4, 0.5) is 17.6 Å². The van der Waals surface area contributed by atoms with Crippen molar-refractivity contribution < 1.29 is 17.6 Å². The molecule has 0 saturated heterocycles. The van der Waals surface area contributed by atoms with E-state index in [9.17, 15) is 17.6 Å². The third-order valence-corrected chi connectivity index (χ3v) is 5.62. The van der Waals surface area contributed by atoms with E-state index in [0.717, 1.165) is 29.7 Å². The summed E-state index contributed by atoms with van der Waals surface area (Å²) in [5, 5.41) is -0.597. The monoisotopic (exact) mass is 446 g/mol. The van der Waals surface area contributed by atoms with Crippen molar-refractivity contribution in [1.82, 2.24) is 0 Å². The van der Waals surface area contributed by atoms with Gasteiger partial charge in [0, 0.05) is 11.1 Å². The van der Waals surface area contributed by atoms with E-state index in [1.54, 1.807) is 24.3 Å². The van der Waals surface area contributed by atoms with E-state index in [4.69, 9.17) is 0 Å². The molecule has 0 aromatic heterocycles. The molecular formula is C29H22F4. The number of unbranched alkanes of at least 4 members (excludes halogenated alkanes) is 2. The summed E-state index contributed by atoms with van der Waals surface area (Å²) in [4.78, 5) is 0. The Morgan fingerprint density at radius 3 is 1.91 bits per heavy atom. The molecule has 0 saturated carbocycles. The zero-order chi connectivity index (χ0) is 23.4. The van der Waals surface area contributed by atoms with Gasteiger partial charge >= 0.3 is 0 Å². The number of benzene rings is 4. The molecule has 0 atom stereocenters. The Kier molecular flexibility index (Phi) is 6.79. The summed E-state index contributed by atoms with van der Waals surface area (Å²) in [6.07, 6.45) is 4.70. The third kappa shape index (κ3) is 5.09. The van der Waals surface area contributed by atoms with Crippen molar-refractivity contribution in [1.29, 1.82) is 0 Å². The van der Waals surface area contributed by atoms with Gasteiger partial charge in [-0.05, 0) is 77.4 Å². The number of halogens is 4. The van der Waals surface area contributed by atoms with Crippen molar-refractivity contribution >= 4 is 10.8 Å². The van der Waals surface area contributed by atoms with E-state index < -0.39 is 28.7 Å². The van der Waals surface area contributed by atoms with Crippen LogP contribution in [-0.4, -0.2) is 0 Å². The first-order valence-corrected chi connectivity index (χ1v) is 10.9. The predicted octanol–water partition coefficient (Wildman–Crippen LogP) is 8.20. The van der Waals surface area contributed by atoms with Gasteiger partial charge < -0.3 is 0 Å². The van der Waals surface area contributed by atoms with Crippen LogP contribution in [-0.2, 0) is 6.42 Å². The molecule has 0 amide bonds. The van der Waals surface area contributed by atoms with Crippen molar-refractivity contribution in [2.24, 2.45) is 0 Å². The van der Waals surface area contributed by atoms with E-state index in [1.165, 1.54) is 30.9 Å². The lowest BCUT2D eigenvalue weighted by Crippen LogP contribution is -1.95. The number of hydrogen-bond acceptors (Lipinski definition) is 0. The Hall–Kier alpha value is -3.58. The maximum absolute atomic E-state index is 14.5. The van der Waals surface area contributed by atoms with E-state index in [2.05, 4.69) is 30.9 Å². The fraction of sp³-hybridized carbons (Fsp3) is 0.172. The van der Waals surface area contributed by atoms with Crippen LogP contribution >= 0.6 is 0 Å². The highest BCUT2D eigenvalue weighted by atomic mass is 19.2. The van der Waals surface area contributed by atoms with Gasteiger partial charge in [-0.25, -0.2) is 17.6 Å². The van der Waals surface area contributed by atoms with Gasteiger partial charge in [0.05, 0.1) is 5.39 Å². The van der Waals surface area contributed by atoms with Gasteiger partial charge in [0.2, 0.25) is 0 Å². The minimum Gasteiger partial charge on any atom is -0.206 e. The maximum atomic E-state index is 14.5. The Morgan fingerprint density at radius 2 is 1.27 bits per heavy atom. The van der Waals surface area contributed by atoms with E-state index in [1.807, 2.05) is 12.1 Å². The Morgan fingerprint density at radius 1 is 0.636 bits per heavy atom. The molecule has 0 aliphatic rings. The summed E-state index contributed by atoms with van der Waals surface area (Å²) in [7, 11) is 0. The fourth-order valence-corrected chi connectivity index (χ4v) is 3.78. The molecule has 166 valence electrons. The molecule has 0 nitrogen and oxygen atoms in total. The van der Waals surface area contributed by atoms with Gasteiger partial charge in [0.25, 0.3) is 0 Å². The first-order chi connectivity index (χ1) is 16.0. The van der Waals surface area contributed by atoms with Crippen molar-refractivity contribution in [3.8, 4) is 23.0 Å². The maximum Gasteiger partial charge on any atom is 0.195 e. The molecule has 33 heavy (non-hydrogen) atoms. The van der Waals surface area contributed by atoms with Crippen LogP contribution < -0.4 is 0 Å². The molecule has 4 heteroatoms. The molecule has 0 fully saturated rings. The topological polar surface area (TPSA) is 0 Å². The van der Waals surface area contributed by atoms with Gasteiger partial charge in [-0.15, -0.1) is 0 Å². The molecule has 0 radical (unpaired) electrons. The zero-order valence-electron chi connectivity index (χ0n) is 18.2. The molecular weight excluding hydrogens is 424 g/mol. The average Bonchev–Trinajstić information content (AvgIpc) is 2.82. The minimum atomic E-state index is -1.68. The highest BCUT2D eigenvalue weighted by molar-refractivity contribution is 5.88. The molecule has 0 aliphatic heterocycles. The summed E-state index contributed by atoms with van der Waals surface area (Å²) in [5.41, 5.74) is 4.10. The summed E-state index contributed by atoms with van der Waals surface area (Å²) >= 11 is 0. The van der Waals surface area contributed by atoms with Crippen LogP contribution in [0.25, 0.3) is 21.9 Å². The Balaban J connectivity index is 1.54. The van der Waals surface area contributed by atoms with Crippen molar-refractivity contribution in [2.45, 2.75) is 32.6 Å². The van der Waals surface area contributed by atoms with Gasteiger partial charge in [0.1, 0.15) is 5.82 Å². The Labute approximate surface area is 190 Å². The summed E-state index contributed by atoms with van der Waals surface area (Å²) < 4.78 is 55.5. The standard InChI is InChI=1S/C29H22F4/c1-2-3-4-5-19-6-8-20(9-7-19)10-11-21-12-14-22(15-13-21)23-16-24-18-26(31)28(32)29(33)27(24)25(30)17-23/h6-9,12-18H,2-5H2,1H3. The smallest absolute Gasteiger partial charge is 0.195 e. The molecule has 0 heterocycles.